The predicted octanol–water partition coefficient (Wildman–Crippen LogP) is 4.50. The van der Waals surface area contributed by atoms with Crippen molar-refractivity contribution in [3.63, 3.8) is 0 Å². The van der Waals surface area contributed by atoms with Gasteiger partial charge in [0.1, 0.15) is 0 Å². The molecule has 0 aromatic heterocycles. The Morgan fingerprint density at radius 1 is 0.952 bits per heavy atom. The van der Waals surface area contributed by atoms with Crippen LogP contribution in [0.5, 0.6) is 0 Å². The van der Waals surface area contributed by atoms with Crippen LogP contribution < -0.4 is 10.6 Å². The number of carboxylic acids is 1. The van der Waals surface area contributed by atoms with Crippen LogP contribution in [-0.2, 0) is 0 Å². The standard InChI is InChI=1S/C14H10Cl2N2O2S/c15-11-6-5-10(7-12(11)16)18-14(21)17-9-3-1-8(2-4-9)13(19)20/h1-7H,(H,19,20)(H2,17,18,21). The molecule has 0 saturated carbocycles. The first-order valence-corrected chi connectivity index (χ1v) is 6.98. The van der Waals surface area contributed by atoms with E-state index in [2.05, 4.69) is 10.6 Å². The lowest BCUT2D eigenvalue weighted by Crippen LogP contribution is -2.19. The number of rotatable bonds is 3. The molecule has 0 fully saturated rings. The highest BCUT2D eigenvalue weighted by Gasteiger charge is 2.04. The number of thiocarbonyl (C=S) groups is 1. The molecule has 0 saturated heterocycles. The van der Waals surface area contributed by atoms with E-state index >= 15 is 0 Å². The van der Waals surface area contributed by atoms with Crippen LogP contribution in [-0.4, -0.2) is 16.2 Å². The topological polar surface area (TPSA) is 61.4 Å². The molecular weight excluding hydrogens is 331 g/mol. The second-order valence-corrected chi connectivity index (χ2v) is 5.31. The normalized spacial score (nSPS) is 10.0. The third-order valence-corrected chi connectivity index (χ3v) is 3.51. The highest BCUT2D eigenvalue weighted by Crippen LogP contribution is 2.25. The number of aromatic carboxylic acids is 1. The first-order chi connectivity index (χ1) is 9.95. The fraction of sp³-hybridized carbons (Fsp3) is 0. The summed E-state index contributed by atoms with van der Waals surface area (Å²) in [5.74, 6) is -0.974. The second-order valence-electron chi connectivity index (χ2n) is 4.09. The Kier molecular flexibility index (Phi) is 5.01. The van der Waals surface area contributed by atoms with Gasteiger partial charge in [-0.25, -0.2) is 4.79 Å². The summed E-state index contributed by atoms with van der Waals surface area (Å²) >= 11 is 16.9. The molecule has 0 radical (unpaired) electrons. The molecule has 21 heavy (non-hydrogen) atoms. The Morgan fingerprint density at radius 2 is 1.52 bits per heavy atom. The molecule has 2 aromatic rings. The van der Waals surface area contributed by atoms with E-state index in [1.807, 2.05) is 0 Å². The van der Waals surface area contributed by atoms with Gasteiger partial charge in [-0.1, -0.05) is 23.2 Å². The average Bonchev–Trinajstić information content (AvgIpc) is 2.43. The van der Waals surface area contributed by atoms with Crippen LogP contribution in [0.25, 0.3) is 0 Å². The van der Waals surface area contributed by atoms with Crippen molar-refractivity contribution >= 4 is 57.9 Å². The Balaban J connectivity index is 2.01. The highest BCUT2D eigenvalue weighted by atomic mass is 35.5. The van der Waals surface area contributed by atoms with Crippen molar-refractivity contribution in [2.24, 2.45) is 0 Å². The number of hydrogen-bond acceptors (Lipinski definition) is 2. The summed E-state index contributed by atoms with van der Waals surface area (Å²) in [4.78, 5) is 10.8. The molecule has 2 rings (SSSR count). The lowest BCUT2D eigenvalue weighted by atomic mass is 10.2. The molecule has 0 aliphatic carbocycles. The summed E-state index contributed by atoms with van der Waals surface area (Å²) in [6.45, 7) is 0. The molecule has 2 aromatic carbocycles. The van der Waals surface area contributed by atoms with E-state index < -0.39 is 5.97 Å². The lowest BCUT2D eigenvalue weighted by molar-refractivity contribution is 0.0697. The van der Waals surface area contributed by atoms with E-state index in [-0.39, 0.29) is 5.56 Å². The molecule has 0 amide bonds. The van der Waals surface area contributed by atoms with Crippen molar-refractivity contribution in [1.82, 2.24) is 0 Å². The van der Waals surface area contributed by atoms with Gasteiger partial charge in [-0.2, -0.15) is 0 Å². The largest absolute Gasteiger partial charge is 0.478 e. The Labute approximate surface area is 136 Å². The fourth-order valence-electron chi connectivity index (χ4n) is 1.56. The van der Waals surface area contributed by atoms with Crippen LogP contribution in [0.4, 0.5) is 11.4 Å². The van der Waals surface area contributed by atoms with Crippen LogP contribution in [0.15, 0.2) is 42.5 Å². The fourth-order valence-corrected chi connectivity index (χ4v) is 2.10. The van der Waals surface area contributed by atoms with E-state index in [1.54, 1.807) is 30.3 Å². The van der Waals surface area contributed by atoms with E-state index in [0.29, 0.717) is 26.5 Å². The number of nitrogens with one attached hydrogen (secondary N) is 2. The minimum atomic E-state index is -0.974. The maximum Gasteiger partial charge on any atom is 0.335 e. The Morgan fingerprint density at radius 3 is 2.10 bits per heavy atom. The molecule has 108 valence electrons. The van der Waals surface area contributed by atoms with Crippen LogP contribution >= 0.6 is 35.4 Å². The van der Waals surface area contributed by atoms with E-state index in [4.69, 9.17) is 40.5 Å². The number of hydrogen-bond donors (Lipinski definition) is 3. The van der Waals surface area contributed by atoms with E-state index in [0.717, 1.165) is 0 Å². The monoisotopic (exact) mass is 340 g/mol. The average molecular weight is 341 g/mol. The summed E-state index contributed by atoms with van der Waals surface area (Å²) in [5.41, 5.74) is 1.59. The van der Waals surface area contributed by atoms with Gasteiger partial charge in [0.25, 0.3) is 0 Å². The van der Waals surface area contributed by atoms with E-state index in [1.165, 1.54) is 12.1 Å². The van der Waals surface area contributed by atoms with Crippen LogP contribution in [0, 0.1) is 0 Å². The molecule has 7 heteroatoms. The van der Waals surface area contributed by atoms with Gasteiger partial charge in [0, 0.05) is 11.4 Å². The number of halogens is 2. The number of carbonyl (C=O) groups is 1. The molecule has 0 bridgehead atoms. The number of anilines is 2. The van der Waals surface area contributed by atoms with Gasteiger partial charge in [0.15, 0.2) is 5.11 Å². The summed E-state index contributed by atoms with van der Waals surface area (Å²) in [6.07, 6.45) is 0. The third kappa shape index (κ3) is 4.32. The van der Waals surface area contributed by atoms with Gasteiger partial charge in [-0.3, -0.25) is 0 Å². The summed E-state index contributed by atoms with van der Waals surface area (Å²) < 4.78 is 0. The first-order valence-electron chi connectivity index (χ1n) is 5.82. The lowest BCUT2D eigenvalue weighted by Gasteiger charge is -2.11. The van der Waals surface area contributed by atoms with E-state index in [9.17, 15) is 4.79 Å². The first kappa shape index (κ1) is 15.6. The predicted molar refractivity (Wildman–Crippen MR) is 89.7 cm³/mol. The van der Waals surface area contributed by atoms with Crippen LogP contribution in [0.2, 0.25) is 10.0 Å². The Hall–Kier alpha value is -1.82. The Bertz CT molecular complexity index is 690. The quantitative estimate of drug-likeness (QED) is 0.718. The zero-order valence-electron chi connectivity index (χ0n) is 10.6. The number of benzene rings is 2. The highest BCUT2D eigenvalue weighted by molar-refractivity contribution is 7.80. The molecule has 0 unspecified atom stereocenters. The van der Waals surface area contributed by atoms with Crippen molar-refractivity contribution in [2.75, 3.05) is 10.6 Å². The number of carboxylic acid groups (broad SMARTS) is 1. The minimum Gasteiger partial charge on any atom is -0.478 e. The molecule has 0 heterocycles. The molecule has 0 aliphatic heterocycles. The van der Waals surface area contributed by atoms with Gasteiger partial charge in [-0.05, 0) is 54.7 Å². The molecule has 0 atom stereocenters. The maximum absolute atomic E-state index is 10.8. The minimum absolute atomic E-state index is 0.212. The van der Waals surface area contributed by atoms with Crippen molar-refractivity contribution in [1.29, 1.82) is 0 Å². The smallest absolute Gasteiger partial charge is 0.335 e. The van der Waals surface area contributed by atoms with Crippen LogP contribution in [0.1, 0.15) is 10.4 Å². The second kappa shape index (κ2) is 6.76. The summed E-state index contributed by atoms with van der Waals surface area (Å²) in [7, 11) is 0. The third-order valence-electron chi connectivity index (χ3n) is 2.57. The van der Waals surface area contributed by atoms with Gasteiger partial charge >= 0.3 is 5.97 Å². The molecule has 3 N–H and O–H groups in total. The zero-order chi connectivity index (χ0) is 15.4. The van der Waals surface area contributed by atoms with Crippen molar-refractivity contribution in [2.45, 2.75) is 0 Å². The van der Waals surface area contributed by atoms with Gasteiger partial charge in [0.2, 0.25) is 0 Å². The van der Waals surface area contributed by atoms with Crippen molar-refractivity contribution < 1.29 is 9.90 Å². The molecule has 4 nitrogen and oxygen atoms in total. The SMILES string of the molecule is O=C(O)c1ccc(NC(=S)Nc2ccc(Cl)c(Cl)c2)cc1. The molecule has 0 aliphatic rings. The summed E-state index contributed by atoms with van der Waals surface area (Å²) in [5, 5.41) is 16.0. The summed E-state index contributed by atoms with van der Waals surface area (Å²) in [6, 6.07) is 11.3. The van der Waals surface area contributed by atoms with Crippen molar-refractivity contribution in [3.05, 3.63) is 58.1 Å². The van der Waals surface area contributed by atoms with Crippen LogP contribution in [0.3, 0.4) is 0 Å². The van der Waals surface area contributed by atoms with Gasteiger partial charge < -0.3 is 15.7 Å². The van der Waals surface area contributed by atoms with Gasteiger partial charge in [-0.15, -0.1) is 0 Å². The molecular formula is C14H10Cl2N2O2S. The van der Waals surface area contributed by atoms with Gasteiger partial charge in [0.05, 0.1) is 15.6 Å². The van der Waals surface area contributed by atoms with Crippen molar-refractivity contribution in [3.8, 4) is 0 Å². The molecule has 0 spiro atoms. The zero-order valence-corrected chi connectivity index (χ0v) is 12.9. The maximum atomic E-state index is 10.8.